The van der Waals surface area contributed by atoms with Gasteiger partial charge in [-0.2, -0.15) is 5.10 Å². The summed E-state index contributed by atoms with van der Waals surface area (Å²) in [6, 6.07) is 5.78. The molecule has 2 aromatic rings. The number of nitrogens with one attached hydrogen (secondary N) is 1. The largest absolute Gasteiger partial charge is 0.476 e. The number of hydrogen-bond acceptors (Lipinski definition) is 4. The van der Waals surface area contributed by atoms with E-state index in [2.05, 4.69) is 15.1 Å². The first kappa shape index (κ1) is 20.7. The number of carbonyl (C=O) groups excluding carboxylic acids is 1. The molecule has 0 spiro atoms. The fraction of sp³-hybridized carbons (Fsp3) is 0.476. The Morgan fingerprint density at radius 1 is 1.30 bits per heavy atom. The lowest BCUT2D eigenvalue weighted by Gasteiger charge is -2.38. The van der Waals surface area contributed by atoms with Crippen LogP contribution in [0.5, 0.6) is 0 Å². The minimum Gasteiger partial charge on any atom is -0.476 e. The standard InChI is InChI=1S/C21H24ClFN4O3/c1-13-15(22)3-2-4-17(13)26-7-9-27(10-8-26)18(28)12-21(23)6-5-16-14(11-21)19(20(29)30)25-24-16/h2-4H,5-12H2,1H3,(H,24,25)(H,29,30). The maximum atomic E-state index is 15.5. The lowest BCUT2D eigenvalue weighted by Crippen LogP contribution is -2.50. The molecule has 1 aromatic heterocycles. The molecule has 160 valence electrons. The molecule has 1 aliphatic carbocycles. The summed E-state index contributed by atoms with van der Waals surface area (Å²) in [5, 5.41) is 16.4. The number of amides is 1. The van der Waals surface area contributed by atoms with E-state index in [-0.39, 0.29) is 30.9 Å². The summed E-state index contributed by atoms with van der Waals surface area (Å²) in [5.74, 6) is -1.42. The maximum absolute atomic E-state index is 15.5. The van der Waals surface area contributed by atoms with Gasteiger partial charge in [-0.3, -0.25) is 9.89 Å². The molecule has 9 heteroatoms. The number of aromatic amines is 1. The SMILES string of the molecule is Cc1c(Cl)cccc1N1CCN(C(=O)CC2(F)CCc3[nH]nc(C(=O)O)c3C2)CC1. The zero-order chi connectivity index (χ0) is 21.5. The van der Waals surface area contributed by atoms with Crippen LogP contribution < -0.4 is 4.90 Å². The van der Waals surface area contributed by atoms with Gasteiger partial charge in [0.25, 0.3) is 0 Å². The molecule has 4 rings (SSSR count). The molecule has 7 nitrogen and oxygen atoms in total. The van der Waals surface area contributed by atoms with Gasteiger partial charge in [0.2, 0.25) is 5.91 Å². The van der Waals surface area contributed by atoms with E-state index < -0.39 is 11.6 Å². The van der Waals surface area contributed by atoms with E-state index >= 15 is 4.39 Å². The molecule has 1 fully saturated rings. The summed E-state index contributed by atoms with van der Waals surface area (Å²) < 4.78 is 15.5. The number of anilines is 1. The average molecular weight is 435 g/mol. The van der Waals surface area contributed by atoms with Gasteiger partial charge in [-0.05, 0) is 37.5 Å². The van der Waals surface area contributed by atoms with E-state index in [0.29, 0.717) is 48.9 Å². The lowest BCUT2D eigenvalue weighted by atomic mass is 9.81. The highest BCUT2D eigenvalue weighted by molar-refractivity contribution is 6.31. The number of rotatable bonds is 4. The van der Waals surface area contributed by atoms with E-state index in [1.54, 1.807) is 4.90 Å². The number of aromatic nitrogens is 2. The first-order valence-electron chi connectivity index (χ1n) is 10.0. The minimum atomic E-state index is -1.75. The third-order valence-corrected chi connectivity index (χ3v) is 6.56. The number of halogens is 2. The van der Waals surface area contributed by atoms with Crippen LogP contribution in [0.4, 0.5) is 10.1 Å². The summed E-state index contributed by atoms with van der Waals surface area (Å²) in [7, 11) is 0. The molecule has 1 atom stereocenters. The van der Waals surface area contributed by atoms with Crippen LogP contribution in [0.25, 0.3) is 0 Å². The second-order valence-corrected chi connectivity index (χ2v) is 8.50. The van der Waals surface area contributed by atoms with Crippen molar-refractivity contribution in [3.05, 3.63) is 45.7 Å². The number of carboxylic acids is 1. The van der Waals surface area contributed by atoms with E-state index in [0.717, 1.165) is 11.3 Å². The normalized spacial score (nSPS) is 21.4. The van der Waals surface area contributed by atoms with Gasteiger partial charge in [0.05, 0.1) is 6.42 Å². The van der Waals surface area contributed by atoms with Crippen LogP contribution in [0.2, 0.25) is 5.02 Å². The average Bonchev–Trinajstić information content (AvgIpc) is 3.13. The summed E-state index contributed by atoms with van der Waals surface area (Å²) in [6.07, 6.45) is 0.177. The number of hydrogen-bond donors (Lipinski definition) is 2. The van der Waals surface area contributed by atoms with Crippen molar-refractivity contribution in [2.45, 2.75) is 38.3 Å². The molecular formula is C21H24ClFN4O3. The number of nitrogens with zero attached hydrogens (tertiary/aromatic N) is 3. The van der Waals surface area contributed by atoms with E-state index in [1.165, 1.54) is 0 Å². The molecule has 0 radical (unpaired) electrons. The second kappa shape index (κ2) is 7.91. The van der Waals surface area contributed by atoms with Crippen LogP contribution in [0, 0.1) is 6.92 Å². The zero-order valence-electron chi connectivity index (χ0n) is 16.8. The quantitative estimate of drug-likeness (QED) is 0.772. The number of carboxylic acid groups (broad SMARTS) is 1. The van der Waals surface area contributed by atoms with Crippen molar-refractivity contribution in [2.24, 2.45) is 0 Å². The van der Waals surface area contributed by atoms with Gasteiger partial charge < -0.3 is 14.9 Å². The molecule has 30 heavy (non-hydrogen) atoms. The molecule has 0 saturated carbocycles. The predicted molar refractivity (Wildman–Crippen MR) is 111 cm³/mol. The Kier molecular flexibility index (Phi) is 5.44. The predicted octanol–water partition coefficient (Wildman–Crippen LogP) is 3.01. The van der Waals surface area contributed by atoms with Crippen molar-refractivity contribution in [1.82, 2.24) is 15.1 Å². The van der Waals surface area contributed by atoms with Crippen LogP contribution in [-0.2, 0) is 17.6 Å². The zero-order valence-corrected chi connectivity index (χ0v) is 17.5. The van der Waals surface area contributed by atoms with E-state index in [4.69, 9.17) is 11.6 Å². The number of H-pyrrole nitrogens is 1. The molecule has 1 aliphatic heterocycles. The highest BCUT2D eigenvalue weighted by Gasteiger charge is 2.41. The first-order valence-corrected chi connectivity index (χ1v) is 10.4. The van der Waals surface area contributed by atoms with Gasteiger partial charge in [0.1, 0.15) is 5.67 Å². The molecule has 1 aromatic carbocycles. The third kappa shape index (κ3) is 3.88. The molecule has 1 amide bonds. The highest BCUT2D eigenvalue weighted by atomic mass is 35.5. The molecule has 0 bridgehead atoms. The van der Waals surface area contributed by atoms with Crippen LogP contribution in [0.15, 0.2) is 18.2 Å². The molecule has 1 unspecified atom stereocenters. The van der Waals surface area contributed by atoms with E-state index in [1.807, 2.05) is 25.1 Å². The Bertz CT molecular complexity index is 987. The van der Waals surface area contributed by atoms with Gasteiger partial charge in [0, 0.05) is 54.6 Å². The Balaban J connectivity index is 1.39. The number of fused-ring (bicyclic) bond motifs is 1. The van der Waals surface area contributed by atoms with Crippen molar-refractivity contribution >= 4 is 29.2 Å². The molecule has 2 heterocycles. The molecule has 2 aliphatic rings. The van der Waals surface area contributed by atoms with Crippen molar-refractivity contribution in [1.29, 1.82) is 0 Å². The van der Waals surface area contributed by atoms with Crippen LogP contribution in [-0.4, -0.2) is 63.9 Å². The summed E-state index contributed by atoms with van der Waals surface area (Å²) in [6.45, 7) is 4.31. The number of aryl methyl sites for hydroxylation is 1. The number of alkyl halides is 1. The van der Waals surface area contributed by atoms with Gasteiger partial charge in [0.15, 0.2) is 5.69 Å². The summed E-state index contributed by atoms with van der Waals surface area (Å²) >= 11 is 6.22. The third-order valence-electron chi connectivity index (χ3n) is 6.15. The van der Waals surface area contributed by atoms with Crippen molar-refractivity contribution in [3.8, 4) is 0 Å². The Labute approximate surface area is 178 Å². The number of aromatic carboxylic acids is 1. The topological polar surface area (TPSA) is 89.5 Å². The lowest BCUT2D eigenvalue weighted by molar-refractivity contribution is -0.134. The fourth-order valence-electron chi connectivity index (χ4n) is 4.40. The van der Waals surface area contributed by atoms with E-state index in [9.17, 15) is 14.7 Å². The van der Waals surface area contributed by atoms with Gasteiger partial charge >= 0.3 is 5.97 Å². The van der Waals surface area contributed by atoms with Crippen LogP contribution in [0.3, 0.4) is 0 Å². The molecular weight excluding hydrogens is 411 g/mol. The van der Waals surface area contributed by atoms with Crippen molar-refractivity contribution in [2.75, 3.05) is 31.1 Å². The number of carbonyl (C=O) groups is 2. The molecule has 1 saturated heterocycles. The minimum absolute atomic E-state index is 0.103. The number of piperazine rings is 1. The van der Waals surface area contributed by atoms with Crippen molar-refractivity contribution < 1.29 is 19.1 Å². The summed E-state index contributed by atoms with van der Waals surface area (Å²) in [5.41, 5.74) is 1.19. The van der Waals surface area contributed by atoms with Gasteiger partial charge in [-0.15, -0.1) is 0 Å². The monoisotopic (exact) mass is 434 g/mol. The number of benzene rings is 1. The van der Waals surface area contributed by atoms with Crippen LogP contribution in [0.1, 0.15) is 40.2 Å². The maximum Gasteiger partial charge on any atom is 0.356 e. The Morgan fingerprint density at radius 2 is 2.03 bits per heavy atom. The first-order chi connectivity index (χ1) is 14.3. The van der Waals surface area contributed by atoms with Gasteiger partial charge in [-0.1, -0.05) is 17.7 Å². The molecule has 2 N–H and O–H groups in total. The second-order valence-electron chi connectivity index (χ2n) is 8.09. The summed E-state index contributed by atoms with van der Waals surface area (Å²) in [4.78, 5) is 28.0. The van der Waals surface area contributed by atoms with Gasteiger partial charge in [-0.25, -0.2) is 9.18 Å². The van der Waals surface area contributed by atoms with Crippen LogP contribution >= 0.6 is 11.6 Å². The smallest absolute Gasteiger partial charge is 0.356 e. The fourth-order valence-corrected chi connectivity index (χ4v) is 4.57. The highest BCUT2D eigenvalue weighted by Crippen LogP contribution is 2.36. The Hall–Kier alpha value is -2.61. The Morgan fingerprint density at radius 3 is 2.73 bits per heavy atom. The van der Waals surface area contributed by atoms with Crippen molar-refractivity contribution in [3.63, 3.8) is 0 Å².